The van der Waals surface area contributed by atoms with E-state index >= 15 is 0 Å². The lowest BCUT2D eigenvalue weighted by molar-refractivity contribution is 0.439. The van der Waals surface area contributed by atoms with Crippen LogP contribution in [0.3, 0.4) is 0 Å². The van der Waals surface area contributed by atoms with Gasteiger partial charge < -0.3 is 9.53 Å². The molecule has 16 heavy (non-hydrogen) atoms. The van der Waals surface area contributed by atoms with Crippen molar-refractivity contribution in [3.8, 4) is 11.5 Å². The van der Waals surface area contributed by atoms with Gasteiger partial charge in [0, 0.05) is 6.07 Å². The number of phenols is 1. The van der Waals surface area contributed by atoms with Crippen LogP contribution in [0.5, 0.6) is 11.5 Å². The Hall–Kier alpha value is -1.03. The van der Waals surface area contributed by atoms with E-state index in [2.05, 4.69) is 20.8 Å². The van der Waals surface area contributed by atoms with Crippen molar-refractivity contribution in [2.75, 3.05) is 0 Å². The van der Waals surface area contributed by atoms with E-state index in [-0.39, 0.29) is 16.5 Å². The molecule has 0 unspecified atom stereocenters. The first kappa shape index (κ1) is 13.0. The first-order valence-electron chi connectivity index (χ1n) is 5.31. The van der Waals surface area contributed by atoms with Gasteiger partial charge in [0.25, 0.3) is 8.32 Å². The molecule has 0 amide bonds. The molecular formula is C12H19FO2Si. The lowest BCUT2D eigenvalue weighted by Gasteiger charge is -2.36. The van der Waals surface area contributed by atoms with Crippen molar-refractivity contribution in [3.05, 3.63) is 24.0 Å². The van der Waals surface area contributed by atoms with Crippen LogP contribution in [0.25, 0.3) is 0 Å². The minimum absolute atomic E-state index is 0.00486. The van der Waals surface area contributed by atoms with Crippen LogP contribution in [0.15, 0.2) is 18.2 Å². The van der Waals surface area contributed by atoms with Crippen LogP contribution in [0.4, 0.5) is 4.39 Å². The van der Waals surface area contributed by atoms with Gasteiger partial charge >= 0.3 is 0 Å². The molecule has 1 aromatic rings. The fourth-order valence-electron chi connectivity index (χ4n) is 0.998. The van der Waals surface area contributed by atoms with Gasteiger partial charge in [-0.2, -0.15) is 0 Å². The highest BCUT2D eigenvalue weighted by Gasteiger charge is 2.39. The topological polar surface area (TPSA) is 29.5 Å². The normalized spacial score (nSPS) is 12.6. The summed E-state index contributed by atoms with van der Waals surface area (Å²) in [5.41, 5.74) is 0. The van der Waals surface area contributed by atoms with E-state index in [1.165, 1.54) is 18.2 Å². The van der Waals surface area contributed by atoms with Crippen LogP contribution in [0.1, 0.15) is 20.8 Å². The summed E-state index contributed by atoms with van der Waals surface area (Å²) in [6.07, 6.45) is 0. The maximum Gasteiger partial charge on any atom is 0.250 e. The van der Waals surface area contributed by atoms with Gasteiger partial charge in [-0.3, -0.25) is 0 Å². The fraction of sp³-hybridized carbons (Fsp3) is 0.500. The molecule has 0 aliphatic rings. The molecule has 0 atom stereocenters. The van der Waals surface area contributed by atoms with E-state index in [1.807, 2.05) is 13.1 Å². The van der Waals surface area contributed by atoms with Crippen LogP contribution in [0.2, 0.25) is 18.1 Å². The van der Waals surface area contributed by atoms with Crippen molar-refractivity contribution in [1.82, 2.24) is 0 Å². The van der Waals surface area contributed by atoms with Gasteiger partial charge in [-0.1, -0.05) is 20.8 Å². The van der Waals surface area contributed by atoms with Gasteiger partial charge in [0.1, 0.15) is 11.5 Å². The SMILES string of the molecule is CC(C)(C)[Si](C)(C)Oc1cc(O)ccc1F. The van der Waals surface area contributed by atoms with Gasteiger partial charge in [-0.15, -0.1) is 0 Å². The fourth-order valence-corrected chi connectivity index (χ4v) is 2.01. The summed E-state index contributed by atoms with van der Waals surface area (Å²) in [4.78, 5) is 0. The van der Waals surface area contributed by atoms with Crippen LogP contribution in [-0.2, 0) is 0 Å². The molecule has 2 nitrogen and oxygen atoms in total. The van der Waals surface area contributed by atoms with Crippen molar-refractivity contribution >= 4 is 8.32 Å². The summed E-state index contributed by atoms with van der Waals surface area (Å²) >= 11 is 0. The average Bonchev–Trinajstić information content (AvgIpc) is 2.09. The number of benzene rings is 1. The van der Waals surface area contributed by atoms with E-state index < -0.39 is 14.1 Å². The molecule has 0 spiro atoms. The molecule has 0 saturated carbocycles. The smallest absolute Gasteiger partial charge is 0.250 e. The number of phenolic OH excluding ortho intramolecular Hbond substituents is 1. The largest absolute Gasteiger partial charge is 0.541 e. The van der Waals surface area contributed by atoms with E-state index in [0.29, 0.717) is 0 Å². The zero-order chi connectivity index (χ0) is 12.6. The second-order valence-electron chi connectivity index (χ2n) is 5.48. The van der Waals surface area contributed by atoms with Crippen LogP contribution in [0, 0.1) is 5.82 Å². The van der Waals surface area contributed by atoms with Crippen molar-refractivity contribution in [1.29, 1.82) is 0 Å². The molecule has 0 heterocycles. The average molecular weight is 242 g/mol. The minimum Gasteiger partial charge on any atom is -0.541 e. The Kier molecular flexibility index (Phi) is 3.33. The standard InChI is InChI=1S/C12H19FO2Si/c1-12(2,3)16(4,5)15-11-8-9(14)6-7-10(11)13/h6-8,14H,1-5H3. The van der Waals surface area contributed by atoms with E-state index in [0.717, 1.165) is 0 Å². The van der Waals surface area contributed by atoms with E-state index in [9.17, 15) is 9.50 Å². The van der Waals surface area contributed by atoms with Crippen molar-refractivity contribution in [2.45, 2.75) is 38.9 Å². The molecule has 90 valence electrons. The molecule has 4 heteroatoms. The quantitative estimate of drug-likeness (QED) is 0.797. The van der Waals surface area contributed by atoms with Crippen molar-refractivity contribution < 1.29 is 13.9 Å². The number of aromatic hydroxyl groups is 1. The van der Waals surface area contributed by atoms with E-state index in [1.54, 1.807) is 0 Å². The Morgan fingerprint density at radius 1 is 1.25 bits per heavy atom. The van der Waals surface area contributed by atoms with Gasteiger partial charge in [0.05, 0.1) is 0 Å². The zero-order valence-corrected chi connectivity index (χ0v) is 11.5. The third kappa shape index (κ3) is 2.75. The Bertz CT molecular complexity index is 383. The summed E-state index contributed by atoms with van der Waals surface area (Å²) in [6, 6.07) is 3.86. The van der Waals surface area contributed by atoms with Crippen LogP contribution in [-0.4, -0.2) is 13.4 Å². The molecule has 0 bridgehead atoms. The molecule has 0 saturated heterocycles. The molecule has 0 fully saturated rings. The van der Waals surface area contributed by atoms with Crippen LogP contribution >= 0.6 is 0 Å². The molecule has 0 aliphatic carbocycles. The molecule has 0 aliphatic heterocycles. The number of hydrogen-bond donors (Lipinski definition) is 1. The highest BCUT2D eigenvalue weighted by molar-refractivity contribution is 6.74. The summed E-state index contributed by atoms with van der Waals surface area (Å²) in [7, 11) is -2.05. The molecule has 1 aromatic carbocycles. The van der Waals surface area contributed by atoms with Gasteiger partial charge in [0.2, 0.25) is 0 Å². The molecule has 1 rings (SSSR count). The third-order valence-electron chi connectivity index (χ3n) is 3.09. The zero-order valence-electron chi connectivity index (χ0n) is 10.5. The predicted octanol–water partition coefficient (Wildman–Crippen LogP) is 3.92. The summed E-state index contributed by atoms with van der Waals surface area (Å²) < 4.78 is 19.3. The first-order valence-corrected chi connectivity index (χ1v) is 8.22. The monoisotopic (exact) mass is 242 g/mol. The predicted molar refractivity (Wildman–Crippen MR) is 65.9 cm³/mol. The third-order valence-corrected chi connectivity index (χ3v) is 7.43. The van der Waals surface area contributed by atoms with Gasteiger partial charge in [0.15, 0.2) is 5.82 Å². The molecule has 0 aromatic heterocycles. The van der Waals surface area contributed by atoms with E-state index in [4.69, 9.17) is 4.43 Å². The van der Waals surface area contributed by atoms with Crippen molar-refractivity contribution in [2.24, 2.45) is 0 Å². The molecule has 0 radical (unpaired) electrons. The molecule has 1 N–H and O–H groups in total. The Morgan fingerprint density at radius 3 is 2.31 bits per heavy atom. The summed E-state index contributed by atoms with van der Waals surface area (Å²) in [5.74, 6) is -0.260. The highest BCUT2D eigenvalue weighted by Crippen LogP contribution is 2.38. The Morgan fingerprint density at radius 2 is 1.81 bits per heavy atom. The second-order valence-corrected chi connectivity index (χ2v) is 10.2. The van der Waals surface area contributed by atoms with Gasteiger partial charge in [-0.05, 0) is 30.3 Å². The number of halogens is 1. The maximum atomic E-state index is 13.5. The number of rotatable bonds is 2. The lowest BCUT2D eigenvalue weighted by Crippen LogP contribution is -2.44. The van der Waals surface area contributed by atoms with Gasteiger partial charge in [-0.25, -0.2) is 4.39 Å². The Labute approximate surface area is 97.2 Å². The van der Waals surface area contributed by atoms with Crippen LogP contribution < -0.4 is 4.43 Å². The Balaban J connectivity index is 3.01. The highest BCUT2D eigenvalue weighted by atomic mass is 28.4. The second kappa shape index (κ2) is 4.09. The summed E-state index contributed by atoms with van der Waals surface area (Å²) in [6.45, 7) is 10.3. The summed E-state index contributed by atoms with van der Waals surface area (Å²) in [5, 5.41) is 9.31. The van der Waals surface area contributed by atoms with Crippen molar-refractivity contribution in [3.63, 3.8) is 0 Å². The first-order chi connectivity index (χ1) is 7.13. The minimum atomic E-state index is -2.05. The number of hydrogen-bond acceptors (Lipinski definition) is 2. The lowest BCUT2D eigenvalue weighted by atomic mass is 10.2. The molecular weight excluding hydrogens is 223 g/mol. The maximum absolute atomic E-state index is 13.5.